The van der Waals surface area contributed by atoms with Crippen LogP contribution < -0.4 is 20.1 Å². The van der Waals surface area contributed by atoms with Gasteiger partial charge >= 0.3 is 0 Å². The van der Waals surface area contributed by atoms with Gasteiger partial charge in [0.15, 0.2) is 5.11 Å². The van der Waals surface area contributed by atoms with Gasteiger partial charge in [0.1, 0.15) is 11.5 Å². The fraction of sp³-hybridized carbons (Fsp3) is 0.136. The van der Waals surface area contributed by atoms with E-state index in [2.05, 4.69) is 22.8 Å². The molecule has 27 heavy (non-hydrogen) atoms. The highest BCUT2D eigenvalue weighted by Crippen LogP contribution is 2.24. The highest BCUT2D eigenvalue weighted by atomic mass is 32.1. The highest BCUT2D eigenvalue weighted by molar-refractivity contribution is 7.80. The van der Waals surface area contributed by atoms with Crippen LogP contribution >= 0.6 is 12.2 Å². The first-order chi connectivity index (χ1) is 13.2. The van der Waals surface area contributed by atoms with E-state index in [1.165, 1.54) is 0 Å². The maximum absolute atomic E-state index is 5.54. The molecule has 0 bridgehead atoms. The van der Waals surface area contributed by atoms with Crippen LogP contribution in [-0.4, -0.2) is 19.3 Å². The van der Waals surface area contributed by atoms with Crippen LogP contribution in [-0.2, 0) is 0 Å². The number of hydrogen-bond acceptors (Lipinski definition) is 3. The van der Waals surface area contributed by atoms with E-state index in [-0.39, 0.29) is 6.04 Å². The van der Waals surface area contributed by atoms with Crippen molar-refractivity contribution < 1.29 is 9.47 Å². The highest BCUT2D eigenvalue weighted by Gasteiger charge is 2.15. The minimum Gasteiger partial charge on any atom is -0.497 e. The van der Waals surface area contributed by atoms with Crippen molar-refractivity contribution in [3.63, 3.8) is 0 Å². The molecule has 0 heterocycles. The second-order valence-corrected chi connectivity index (χ2v) is 6.35. The van der Waals surface area contributed by atoms with Gasteiger partial charge in [0, 0.05) is 5.69 Å². The Bertz CT molecular complexity index is 865. The molecule has 0 saturated heterocycles. The van der Waals surface area contributed by atoms with Crippen molar-refractivity contribution in [3.05, 3.63) is 90.0 Å². The number of methoxy groups -OCH3 is 2. The lowest BCUT2D eigenvalue weighted by Gasteiger charge is -2.22. The molecule has 0 aliphatic rings. The quantitative estimate of drug-likeness (QED) is 0.604. The van der Waals surface area contributed by atoms with E-state index in [9.17, 15) is 0 Å². The molecule has 0 amide bonds. The van der Waals surface area contributed by atoms with Gasteiger partial charge in [-0.15, -0.1) is 0 Å². The predicted molar refractivity (Wildman–Crippen MR) is 114 cm³/mol. The fourth-order valence-electron chi connectivity index (χ4n) is 2.77. The topological polar surface area (TPSA) is 42.5 Å². The van der Waals surface area contributed by atoms with Crippen LogP contribution in [0.15, 0.2) is 78.9 Å². The summed E-state index contributed by atoms with van der Waals surface area (Å²) in [6, 6.07) is 25.8. The van der Waals surface area contributed by atoms with Crippen molar-refractivity contribution in [1.82, 2.24) is 5.32 Å². The summed E-state index contributed by atoms with van der Waals surface area (Å²) in [6.07, 6.45) is 0. The number of anilines is 1. The molecule has 138 valence electrons. The SMILES string of the molecule is COc1ccc(NC(=S)N[C@@H](c2ccccc2)c2ccc(OC)cc2)cc1. The van der Waals surface area contributed by atoms with Crippen LogP contribution in [0.1, 0.15) is 17.2 Å². The van der Waals surface area contributed by atoms with Crippen molar-refractivity contribution in [2.45, 2.75) is 6.04 Å². The summed E-state index contributed by atoms with van der Waals surface area (Å²) >= 11 is 5.54. The molecule has 0 aliphatic heterocycles. The van der Waals surface area contributed by atoms with Crippen molar-refractivity contribution in [1.29, 1.82) is 0 Å². The Hall–Kier alpha value is -3.05. The summed E-state index contributed by atoms with van der Waals surface area (Å²) < 4.78 is 10.5. The molecular formula is C22H22N2O2S. The minimum atomic E-state index is -0.0737. The summed E-state index contributed by atoms with van der Waals surface area (Å²) in [5.41, 5.74) is 3.12. The molecule has 0 spiro atoms. The zero-order chi connectivity index (χ0) is 19.1. The van der Waals surface area contributed by atoms with E-state index in [1.54, 1.807) is 14.2 Å². The largest absolute Gasteiger partial charge is 0.497 e. The van der Waals surface area contributed by atoms with E-state index < -0.39 is 0 Å². The molecule has 2 N–H and O–H groups in total. The summed E-state index contributed by atoms with van der Waals surface area (Å²) in [5, 5.41) is 7.18. The van der Waals surface area contributed by atoms with Gasteiger partial charge in [-0.25, -0.2) is 0 Å². The van der Waals surface area contributed by atoms with Gasteiger partial charge in [0.05, 0.1) is 20.3 Å². The van der Waals surface area contributed by atoms with E-state index in [0.29, 0.717) is 5.11 Å². The molecule has 3 aromatic carbocycles. The second kappa shape index (κ2) is 9.05. The van der Waals surface area contributed by atoms with Crippen molar-refractivity contribution in [3.8, 4) is 11.5 Å². The van der Waals surface area contributed by atoms with E-state index in [4.69, 9.17) is 21.7 Å². The zero-order valence-electron chi connectivity index (χ0n) is 15.3. The summed E-state index contributed by atoms with van der Waals surface area (Å²) in [7, 11) is 3.31. The summed E-state index contributed by atoms with van der Waals surface area (Å²) in [4.78, 5) is 0. The zero-order valence-corrected chi connectivity index (χ0v) is 16.1. The van der Waals surface area contributed by atoms with Gasteiger partial charge in [0.25, 0.3) is 0 Å². The van der Waals surface area contributed by atoms with Crippen LogP contribution in [0, 0.1) is 0 Å². The summed E-state index contributed by atoms with van der Waals surface area (Å²) in [6.45, 7) is 0. The van der Waals surface area contributed by atoms with E-state index in [1.807, 2.05) is 66.7 Å². The smallest absolute Gasteiger partial charge is 0.171 e. The fourth-order valence-corrected chi connectivity index (χ4v) is 3.01. The van der Waals surface area contributed by atoms with Crippen LogP contribution in [0.2, 0.25) is 0 Å². The van der Waals surface area contributed by atoms with Crippen molar-refractivity contribution in [2.75, 3.05) is 19.5 Å². The lowest BCUT2D eigenvalue weighted by molar-refractivity contribution is 0.414. The van der Waals surface area contributed by atoms with E-state index in [0.717, 1.165) is 28.3 Å². The molecule has 0 saturated carbocycles. The Morgan fingerprint density at radius 3 is 1.81 bits per heavy atom. The third-order valence-corrected chi connectivity index (χ3v) is 4.43. The lowest BCUT2D eigenvalue weighted by Crippen LogP contribution is -2.33. The van der Waals surface area contributed by atoms with Crippen molar-refractivity contribution in [2.24, 2.45) is 0 Å². The normalized spacial score (nSPS) is 11.3. The van der Waals surface area contributed by atoms with Gasteiger partial charge in [-0.05, 0) is 59.7 Å². The number of hydrogen-bond donors (Lipinski definition) is 2. The lowest BCUT2D eigenvalue weighted by atomic mass is 9.99. The Morgan fingerprint density at radius 2 is 1.26 bits per heavy atom. The molecule has 3 aromatic rings. The molecule has 0 aliphatic carbocycles. The molecule has 0 unspecified atom stereocenters. The predicted octanol–water partition coefficient (Wildman–Crippen LogP) is 4.78. The molecule has 0 aromatic heterocycles. The molecule has 3 rings (SSSR count). The van der Waals surface area contributed by atoms with Gasteiger partial charge < -0.3 is 20.1 Å². The average Bonchev–Trinajstić information content (AvgIpc) is 2.73. The minimum absolute atomic E-state index is 0.0737. The number of ether oxygens (including phenoxy) is 2. The maximum atomic E-state index is 5.54. The Morgan fingerprint density at radius 1 is 0.741 bits per heavy atom. The number of benzene rings is 3. The summed E-state index contributed by atoms with van der Waals surface area (Å²) in [5.74, 6) is 1.63. The molecule has 1 atom stereocenters. The third-order valence-electron chi connectivity index (χ3n) is 4.21. The van der Waals surface area contributed by atoms with Crippen LogP contribution in [0.3, 0.4) is 0 Å². The van der Waals surface area contributed by atoms with Crippen molar-refractivity contribution >= 4 is 23.0 Å². The monoisotopic (exact) mass is 378 g/mol. The van der Waals surface area contributed by atoms with Crippen LogP contribution in [0.4, 0.5) is 5.69 Å². The number of nitrogens with one attached hydrogen (secondary N) is 2. The van der Waals surface area contributed by atoms with Crippen LogP contribution in [0.25, 0.3) is 0 Å². The van der Waals surface area contributed by atoms with Gasteiger partial charge in [-0.1, -0.05) is 42.5 Å². The van der Waals surface area contributed by atoms with Gasteiger partial charge in [-0.2, -0.15) is 0 Å². The Kier molecular flexibility index (Phi) is 6.28. The molecule has 4 nitrogen and oxygen atoms in total. The first kappa shape index (κ1) is 18.7. The average molecular weight is 378 g/mol. The molecule has 5 heteroatoms. The second-order valence-electron chi connectivity index (χ2n) is 5.94. The maximum Gasteiger partial charge on any atom is 0.171 e. The Balaban J connectivity index is 1.78. The molecular weight excluding hydrogens is 356 g/mol. The standard InChI is InChI=1S/C22H22N2O2S/c1-25-19-12-8-17(9-13-19)21(16-6-4-3-5-7-16)24-22(27)23-18-10-14-20(26-2)15-11-18/h3-15,21H,1-2H3,(H2,23,24,27)/t21-/m0/s1. The molecule has 0 fully saturated rings. The van der Waals surface area contributed by atoms with Gasteiger partial charge in [0.2, 0.25) is 0 Å². The van der Waals surface area contributed by atoms with E-state index >= 15 is 0 Å². The first-order valence-corrected chi connectivity index (χ1v) is 9.01. The third kappa shape index (κ3) is 4.99. The first-order valence-electron chi connectivity index (χ1n) is 8.60. The molecule has 0 radical (unpaired) electrons. The van der Waals surface area contributed by atoms with Crippen LogP contribution in [0.5, 0.6) is 11.5 Å². The number of rotatable bonds is 6. The number of thiocarbonyl (C=S) groups is 1. The Labute approximate surface area is 165 Å². The van der Waals surface area contributed by atoms with Gasteiger partial charge in [-0.3, -0.25) is 0 Å².